The molecule has 0 amide bonds. The fraction of sp³-hybridized carbons (Fsp3) is 0.375. The maximum absolute atomic E-state index is 9.63. The summed E-state index contributed by atoms with van der Waals surface area (Å²) in [6.07, 6.45) is 4.61. The number of unbranched alkanes of at least 4 members (excludes halogenated alkanes) is 2. The highest BCUT2D eigenvalue weighted by molar-refractivity contribution is 5.89. The number of phenolic OH excluding ortho intramolecular Hbond substituents is 2. The number of phenols is 2. The molecule has 0 aliphatic heterocycles. The average Bonchev–Trinajstić information content (AvgIpc) is 2.32. The van der Waals surface area contributed by atoms with E-state index in [9.17, 15) is 10.2 Å². The van der Waals surface area contributed by atoms with Crippen molar-refractivity contribution in [3.8, 4) is 11.5 Å². The van der Waals surface area contributed by atoms with Crippen molar-refractivity contribution in [2.24, 2.45) is 0 Å². The molecule has 0 saturated carbocycles. The third kappa shape index (κ3) is 2.58. The monoisotopic (exact) mass is 244 g/mol. The van der Waals surface area contributed by atoms with Crippen LogP contribution < -0.4 is 0 Å². The molecule has 0 aliphatic rings. The predicted octanol–water partition coefficient (Wildman–Crippen LogP) is 4.29. The van der Waals surface area contributed by atoms with E-state index in [1.807, 2.05) is 6.07 Å². The summed E-state index contributed by atoms with van der Waals surface area (Å²) in [4.78, 5) is 0. The van der Waals surface area contributed by atoms with Crippen LogP contribution in [0.3, 0.4) is 0 Å². The van der Waals surface area contributed by atoms with E-state index in [4.69, 9.17) is 0 Å². The van der Waals surface area contributed by atoms with Gasteiger partial charge in [0.25, 0.3) is 0 Å². The van der Waals surface area contributed by atoms with Crippen LogP contribution in [0.4, 0.5) is 0 Å². The maximum Gasteiger partial charge on any atom is 0.158 e. The normalized spacial score (nSPS) is 11.0. The second-order valence-corrected chi connectivity index (χ2v) is 4.94. The van der Waals surface area contributed by atoms with Crippen molar-refractivity contribution < 1.29 is 10.2 Å². The van der Waals surface area contributed by atoms with E-state index in [1.54, 1.807) is 12.1 Å². The summed E-state index contributed by atoms with van der Waals surface area (Å²) in [5.74, 6) is -0.0873. The summed E-state index contributed by atoms with van der Waals surface area (Å²) in [7, 11) is 0. The molecule has 2 N–H and O–H groups in total. The zero-order valence-corrected chi connectivity index (χ0v) is 11.0. The van der Waals surface area contributed by atoms with E-state index in [-0.39, 0.29) is 11.5 Å². The SMILES string of the molecule is CCCCCc1cc(C)cc2cc(O)c(O)cc12. The third-order valence-electron chi connectivity index (χ3n) is 3.33. The molecule has 0 fully saturated rings. The van der Waals surface area contributed by atoms with E-state index < -0.39 is 0 Å². The molecule has 2 nitrogen and oxygen atoms in total. The minimum absolute atomic E-state index is 0.0388. The maximum atomic E-state index is 9.63. The summed E-state index contributed by atoms with van der Waals surface area (Å²) in [5, 5.41) is 21.2. The largest absolute Gasteiger partial charge is 0.504 e. The Morgan fingerprint density at radius 2 is 1.67 bits per heavy atom. The first-order valence-corrected chi connectivity index (χ1v) is 6.57. The number of hydrogen-bond acceptors (Lipinski definition) is 2. The Kier molecular flexibility index (Phi) is 3.75. The van der Waals surface area contributed by atoms with Crippen LogP contribution in [0.2, 0.25) is 0 Å². The van der Waals surface area contributed by atoms with Crippen molar-refractivity contribution in [2.45, 2.75) is 39.5 Å². The Morgan fingerprint density at radius 1 is 0.944 bits per heavy atom. The van der Waals surface area contributed by atoms with Gasteiger partial charge in [-0.2, -0.15) is 0 Å². The molecule has 96 valence electrons. The fourth-order valence-electron chi connectivity index (χ4n) is 2.40. The number of benzene rings is 2. The number of aryl methyl sites for hydroxylation is 2. The molecule has 0 aliphatic carbocycles. The van der Waals surface area contributed by atoms with Gasteiger partial charge in [-0.3, -0.25) is 0 Å². The number of aromatic hydroxyl groups is 2. The summed E-state index contributed by atoms with van der Waals surface area (Å²) < 4.78 is 0. The minimum Gasteiger partial charge on any atom is -0.504 e. The zero-order chi connectivity index (χ0) is 13.1. The molecule has 0 bridgehead atoms. The van der Waals surface area contributed by atoms with E-state index in [1.165, 1.54) is 24.0 Å². The second-order valence-electron chi connectivity index (χ2n) is 4.94. The van der Waals surface area contributed by atoms with Crippen LogP contribution in [0.15, 0.2) is 24.3 Å². The van der Waals surface area contributed by atoms with Crippen molar-refractivity contribution in [1.29, 1.82) is 0 Å². The summed E-state index contributed by atoms with van der Waals surface area (Å²) >= 11 is 0. The van der Waals surface area contributed by atoms with Crippen molar-refractivity contribution in [2.75, 3.05) is 0 Å². The molecule has 2 aromatic carbocycles. The molecule has 18 heavy (non-hydrogen) atoms. The fourth-order valence-corrected chi connectivity index (χ4v) is 2.40. The van der Waals surface area contributed by atoms with Gasteiger partial charge in [0.15, 0.2) is 11.5 Å². The zero-order valence-electron chi connectivity index (χ0n) is 11.0. The van der Waals surface area contributed by atoms with E-state index >= 15 is 0 Å². The molecule has 0 unspecified atom stereocenters. The lowest BCUT2D eigenvalue weighted by molar-refractivity contribution is 0.405. The molecule has 2 aromatic rings. The predicted molar refractivity (Wildman–Crippen MR) is 75.2 cm³/mol. The lowest BCUT2D eigenvalue weighted by Gasteiger charge is -2.10. The number of rotatable bonds is 4. The summed E-state index contributed by atoms with van der Waals surface area (Å²) in [6.45, 7) is 4.25. The lowest BCUT2D eigenvalue weighted by atomic mass is 9.97. The Labute approximate surface area is 108 Å². The van der Waals surface area contributed by atoms with Crippen LogP contribution >= 0.6 is 0 Å². The molecule has 0 radical (unpaired) electrons. The Balaban J connectivity index is 2.47. The van der Waals surface area contributed by atoms with Gasteiger partial charge in [0.05, 0.1) is 0 Å². The third-order valence-corrected chi connectivity index (χ3v) is 3.33. The second kappa shape index (κ2) is 5.30. The highest BCUT2D eigenvalue weighted by Crippen LogP contribution is 2.33. The standard InChI is InChI=1S/C16H20O2/c1-3-4-5-6-12-7-11(2)8-13-9-15(17)16(18)10-14(12)13/h7-10,17-18H,3-6H2,1-2H3. The summed E-state index contributed by atoms with van der Waals surface area (Å²) in [5.41, 5.74) is 2.45. The quantitative estimate of drug-likeness (QED) is 0.622. The van der Waals surface area contributed by atoms with Crippen molar-refractivity contribution in [3.63, 3.8) is 0 Å². The Hall–Kier alpha value is -1.70. The van der Waals surface area contributed by atoms with Crippen molar-refractivity contribution >= 4 is 10.8 Å². The van der Waals surface area contributed by atoms with Crippen molar-refractivity contribution in [3.05, 3.63) is 35.4 Å². The molecule has 0 saturated heterocycles. The minimum atomic E-state index is -0.0485. The van der Waals surface area contributed by atoms with Gasteiger partial charge in [-0.25, -0.2) is 0 Å². The Morgan fingerprint density at radius 3 is 2.39 bits per heavy atom. The van der Waals surface area contributed by atoms with Gasteiger partial charge in [0.2, 0.25) is 0 Å². The molecule has 2 rings (SSSR count). The first-order chi connectivity index (χ1) is 8.61. The van der Waals surface area contributed by atoms with Gasteiger partial charge < -0.3 is 10.2 Å². The lowest BCUT2D eigenvalue weighted by Crippen LogP contribution is -1.90. The number of fused-ring (bicyclic) bond motifs is 1. The molecule has 0 aromatic heterocycles. The van der Waals surface area contributed by atoms with Crippen molar-refractivity contribution in [1.82, 2.24) is 0 Å². The number of hydrogen-bond donors (Lipinski definition) is 2. The average molecular weight is 244 g/mol. The van der Waals surface area contributed by atoms with E-state index in [2.05, 4.69) is 19.9 Å². The van der Waals surface area contributed by atoms with Gasteiger partial charge in [-0.1, -0.05) is 37.5 Å². The van der Waals surface area contributed by atoms with E-state index in [0.29, 0.717) is 0 Å². The first kappa shape index (κ1) is 12.7. The van der Waals surface area contributed by atoms with Crippen LogP contribution in [0.1, 0.15) is 37.3 Å². The molecular formula is C16H20O2. The van der Waals surface area contributed by atoms with Crippen LogP contribution in [-0.4, -0.2) is 10.2 Å². The topological polar surface area (TPSA) is 40.5 Å². The van der Waals surface area contributed by atoms with Gasteiger partial charge in [0.1, 0.15) is 0 Å². The van der Waals surface area contributed by atoms with Crippen LogP contribution in [0, 0.1) is 6.92 Å². The van der Waals surface area contributed by atoms with Gasteiger partial charge >= 0.3 is 0 Å². The first-order valence-electron chi connectivity index (χ1n) is 6.57. The smallest absolute Gasteiger partial charge is 0.158 e. The van der Waals surface area contributed by atoms with Gasteiger partial charge in [-0.05, 0) is 48.2 Å². The Bertz CT molecular complexity index is 559. The summed E-state index contributed by atoms with van der Waals surface area (Å²) in [6, 6.07) is 7.53. The molecule has 0 atom stereocenters. The molecular weight excluding hydrogens is 224 g/mol. The van der Waals surface area contributed by atoms with E-state index in [0.717, 1.165) is 23.6 Å². The van der Waals surface area contributed by atoms with Crippen LogP contribution in [-0.2, 0) is 6.42 Å². The highest BCUT2D eigenvalue weighted by Gasteiger charge is 2.07. The molecule has 0 heterocycles. The van der Waals surface area contributed by atoms with Crippen LogP contribution in [0.25, 0.3) is 10.8 Å². The molecule has 2 heteroatoms. The molecule has 0 spiro atoms. The van der Waals surface area contributed by atoms with Crippen LogP contribution in [0.5, 0.6) is 11.5 Å². The highest BCUT2D eigenvalue weighted by atomic mass is 16.3. The van der Waals surface area contributed by atoms with Gasteiger partial charge in [0, 0.05) is 0 Å². The van der Waals surface area contributed by atoms with Gasteiger partial charge in [-0.15, -0.1) is 0 Å².